The van der Waals surface area contributed by atoms with Gasteiger partial charge in [-0.15, -0.1) is 19.7 Å². The molecule has 0 aromatic carbocycles. The number of hydrogen-bond acceptors (Lipinski definition) is 2. The van der Waals surface area contributed by atoms with Gasteiger partial charge in [-0.1, -0.05) is 18.2 Å². The second-order valence-corrected chi connectivity index (χ2v) is 7.97. The Balaban J connectivity index is 4.69. The lowest BCUT2D eigenvalue weighted by molar-refractivity contribution is 0.332. The van der Waals surface area contributed by atoms with Crippen LogP contribution in [0.2, 0.25) is 18.1 Å². The lowest BCUT2D eigenvalue weighted by atomic mass is 10.7. The van der Waals surface area contributed by atoms with E-state index in [4.69, 9.17) is 8.91 Å². The first-order valence-corrected chi connectivity index (χ1v) is 8.14. The molecule has 78 valence electrons. The van der Waals surface area contributed by atoms with E-state index >= 15 is 0 Å². The highest BCUT2D eigenvalue weighted by atomic mass is 28.4. The summed E-state index contributed by atoms with van der Waals surface area (Å²) in [6, 6.07) is 1.92. The molecule has 0 aliphatic rings. The third kappa shape index (κ3) is 4.34. The van der Waals surface area contributed by atoms with E-state index in [1.165, 1.54) is 0 Å². The maximum Gasteiger partial charge on any atom is 0.749 e. The zero-order chi connectivity index (χ0) is 11.0. The highest BCUT2D eigenvalue weighted by Gasteiger charge is 2.35. The molecular weight excluding hydrogens is 212 g/mol. The van der Waals surface area contributed by atoms with Crippen molar-refractivity contribution in [1.29, 1.82) is 0 Å². The molecule has 0 saturated carbocycles. The van der Waals surface area contributed by atoms with Crippen molar-refractivity contribution in [3.63, 3.8) is 0 Å². The second-order valence-electron chi connectivity index (χ2n) is 3.03. The largest absolute Gasteiger partial charge is 0.749 e. The maximum atomic E-state index is 10.7. The Bertz CT molecular complexity index is 212. The Hall–Kier alpha value is -0.946. The van der Waals surface area contributed by atoms with Crippen LogP contribution in [0.3, 0.4) is 0 Å². The van der Waals surface area contributed by atoms with Gasteiger partial charge in [0.15, 0.2) is 0 Å². The maximum absolute atomic E-state index is 10.7. The van der Waals surface area contributed by atoms with Gasteiger partial charge in [-0.05, 0) is 18.1 Å². The topological polar surface area (TPSA) is 46.5 Å². The molecule has 0 fully saturated rings. The summed E-state index contributed by atoms with van der Waals surface area (Å²) in [5.41, 5.74) is 0. The van der Waals surface area contributed by atoms with Crippen molar-refractivity contribution in [2.24, 2.45) is 0 Å². The fourth-order valence-electron chi connectivity index (χ4n) is 1.35. The summed E-state index contributed by atoms with van der Waals surface area (Å²) in [5, 5.41) is 0. The van der Waals surface area contributed by atoms with Crippen LogP contribution in [-0.2, 0) is 8.58 Å². The second kappa shape index (κ2) is 6.50. The summed E-state index contributed by atoms with van der Waals surface area (Å²) in [5.74, 6) is 0. The molecule has 14 heavy (non-hydrogen) atoms. The van der Waals surface area contributed by atoms with Crippen molar-refractivity contribution in [1.82, 2.24) is 0 Å². The molecule has 0 saturated heterocycles. The standard InChI is InChI=1S/C9H16O3Si2/c1-4-7-14(8-5-2,9-6-3)12-13(10)11/h4-6,10H,1-3,7-9H2. The third-order valence-electron chi connectivity index (χ3n) is 1.85. The van der Waals surface area contributed by atoms with Crippen molar-refractivity contribution >= 4 is 17.5 Å². The number of allylic oxidation sites excluding steroid dienone is 3. The fraction of sp³-hybridized carbons (Fsp3) is 0.333. The SMILES string of the molecule is C=CC[Si](CC=C)(CC=C)O[Si](=O)O. The summed E-state index contributed by atoms with van der Waals surface area (Å²) >= 11 is 0. The highest BCUT2D eigenvalue weighted by molar-refractivity contribution is 6.78. The van der Waals surface area contributed by atoms with Crippen LogP contribution in [0.15, 0.2) is 38.0 Å². The highest BCUT2D eigenvalue weighted by Crippen LogP contribution is 2.23. The van der Waals surface area contributed by atoms with E-state index in [9.17, 15) is 4.46 Å². The zero-order valence-corrected chi connectivity index (χ0v) is 10.2. The molecule has 0 spiro atoms. The Labute approximate surface area is 87.5 Å². The van der Waals surface area contributed by atoms with Crippen LogP contribution in [0, 0.1) is 0 Å². The summed E-state index contributed by atoms with van der Waals surface area (Å²) in [4.78, 5) is 8.82. The predicted molar refractivity (Wildman–Crippen MR) is 60.5 cm³/mol. The molecule has 1 N–H and O–H groups in total. The molecule has 5 heteroatoms. The van der Waals surface area contributed by atoms with Gasteiger partial charge in [-0.3, -0.25) is 4.46 Å². The van der Waals surface area contributed by atoms with Crippen LogP contribution < -0.4 is 0 Å². The molecule has 0 unspecified atom stereocenters. The molecule has 0 radical (unpaired) electrons. The lowest BCUT2D eigenvalue weighted by Gasteiger charge is -2.26. The molecule has 0 aliphatic heterocycles. The van der Waals surface area contributed by atoms with Gasteiger partial charge in [0.2, 0.25) is 8.32 Å². The lowest BCUT2D eigenvalue weighted by Crippen LogP contribution is -2.39. The van der Waals surface area contributed by atoms with Crippen molar-refractivity contribution < 1.29 is 13.4 Å². The molecule has 0 aromatic heterocycles. The van der Waals surface area contributed by atoms with Crippen LogP contribution in [0.25, 0.3) is 0 Å². The van der Waals surface area contributed by atoms with Gasteiger partial charge >= 0.3 is 9.17 Å². The van der Waals surface area contributed by atoms with Crippen molar-refractivity contribution in [2.75, 3.05) is 0 Å². The first-order valence-electron chi connectivity index (χ1n) is 4.35. The summed E-state index contributed by atoms with van der Waals surface area (Å²) in [6.45, 7) is 10.9. The van der Waals surface area contributed by atoms with Crippen LogP contribution in [0.4, 0.5) is 0 Å². The third-order valence-corrected chi connectivity index (χ3v) is 7.38. The molecule has 0 amide bonds. The zero-order valence-electron chi connectivity index (χ0n) is 8.24. The quantitative estimate of drug-likeness (QED) is 0.510. The monoisotopic (exact) mass is 228 g/mol. The normalized spacial score (nSPS) is 10.3. The van der Waals surface area contributed by atoms with Crippen LogP contribution in [0.5, 0.6) is 0 Å². The fourth-order valence-corrected chi connectivity index (χ4v) is 5.91. The Morgan fingerprint density at radius 3 is 1.71 bits per heavy atom. The molecule has 0 aliphatic carbocycles. The van der Waals surface area contributed by atoms with Gasteiger partial charge in [-0.2, -0.15) is 0 Å². The van der Waals surface area contributed by atoms with E-state index in [0.717, 1.165) is 0 Å². The first kappa shape index (κ1) is 13.1. The Morgan fingerprint density at radius 2 is 1.50 bits per heavy atom. The van der Waals surface area contributed by atoms with Gasteiger partial charge in [0, 0.05) is 0 Å². The average molecular weight is 228 g/mol. The molecule has 3 nitrogen and oxygen atoms in total. The summed E-state index contributed by atoms with van der Waals surface area (Å²) in [6.07, 6.45) is 5.18. The summed E-state index contributed by atoms with van der Waals surface area (Å²) < 4.78 is 15.9. The Kier molecular flexibility index (Phi) is 6.06. The predicted octanol–water partition coefficient (Wildman–Crippen LogP) is 1.91. The van der Waals surface area contributed by atoms with Gasteiger partial charge in [0.05, 0.1) is 0 Å². The molecule has 0 aromatic rings. The molecule has 0 atom stereocenters. The van der Waals surface area contributed by atoms with E-state index in [1.807, 2.05) is 0 Å². The average Bonchev–Trinajstić information content (AvgIpc) is 2.03. The molecule has 0 heterocycles. The van der Waals surface area contributed by atoms with Gasteiger partial charge in [0.25, 0.3) is 0 Å². The number of rotatable bonds is 8. The van der Waals surface area contributed by atoms with Crippen LogP contribution in [-0.4, -0.2) is 22.3 Å². The van der Waals surface area contributed by atoms with Crippen LogP contribution >= 0.6 is 0 Å². The molecule has 0 bridgehead atoms. The summed E-state index contributed by atoms with van der Waals surface area (Å²) in [7, 11) is -5.12. The van der Waals surface area contributed by atoms with Gasteiger partial charge in [-0.25, -0.2) is 0 Å². The smallest absolute Gasteiger partial charge is 0.550 e. The van der Waals surface area contributed by atoms with Gasteiger partial charge in [0.1, 0.15) is 0 Å². The van der Waals surface area contributed by atoms with E-state index in [2.05, 4.69) is 19.7 Å². The van der Waals surface area contributed by atoms with E-state index in [1.54, 1.807) is 18.2 Å². The first-order chi connectivity index (χ1) is 6.60. The molecule has 0 rings (SSSR count). The minimum Gasteiger partial charge on any atom is -0.550 e. The van der Waals surface area contributed by atoms with Crippen molar-refractivity contribution in [2.45, 2.75) is 18.1 Å². The van der Waals surface area contributed by atoms with Crippen LogP contribution in [0.1, 0.15) is 0 Å². The van der Waals surface area contributed by atoms with Crippen molar-refractivity contribution in [3.8, 4) is 0 Å². The van der Waals surface area contributed by atoms with Gasteiger partial charge < -0.3 is 8.91 Å². The van der Waals surface area contributed by atoms with E-state index in [0.29, 0.717) is 18.1 Å². The molecular formula is C9H16O3Si2. The Morgan fingerprint density at radius 1 is 1.14 bits per heavy atom. The van der Waals surface area contributed by atoms with E-state index in [-0.39, 0.29) is 0 Å². The minimum absolute atomic E-state index is 0.641. The minimum atomic E-state index is -2.89. The van der Waals surface area contributed by atoms with Crippen molar-refractivity contribution in [3.05, 3.63) is 38.0 Å². The number of hydrogen-bond donors (Lipinski definition) is 1. The van der Waals surface area contributed by atoms with E-state index < -0.39 is 17.5 Å².